The molecule has 3 heterocycles. The fourth-order valence-electron chi connectivity index (χ4n) is 2.15. The van der Waals surface area contributed by atoms with Gasteiger partial charge in [0, 0.05) is 18.1 Å². The number of imidazole rings is 1. The third kappa shape index (κ3) is 1.70. The van der Waals surface area contributed by atoms with Crippen molar-refractivity contribution in [1.82, 2.24) is 24.3 Å². The third-order valence-electron chi connectivity index (χ3n) is 2.91. The van der Waals surface area contributed by atoms with Crippen LogP contribution in [-0.4, -0.2) is 24.3 Å². The molecule has 0 saturated heterocycles. The fourth-order valence-corrected chi connectivity index (χ4v) is 3.19. The van der Waals surface area contributed by atoms with Crippen LogP contribution in [0.5, 0.6) is 0 Å². The molecule has 18 heavy (non-hydrogen) atoms. The molecule has 3 aromatic rings. The van der Waals surface area contributed by atoms with E-state index in [1.807, 2.05) is 31.8 Å². The van der Waals surface area contributed by atoms with E-state index in [1.54, 1.807) is 11.3 Å². The van der Waals surface area contributed by atoms with E-state index in [1.165, 1.54) is 4.88 Å². The largest absolute Gasteiger partial charge is 0.328 e. The van der Waals surface area contributed by atoms with Crippen LogP contribution in [0, 0.1) is 18.6 Å². The van der Waals surface area contributed by atoms with Gasteiger partial charge in [-0.05, 0) is 26.1 Å². The first-order valence-corrected chi connectivity index (χ1v) is 6.82. The lowest BCUT2D eigenvalue weighted by Gasteiger charge is -2.02. The summed E-state index contributed by atoms with van der Waals surface area (Å²) in [4.78, 5) is 8.69. The molecule has 0 aliphatic rings. The van der Waals surface area contributed by atoms with Crippen LogP contribution in [0.15, 0.2) is 6.20 Å². The standard InChI is InChI=1S/C11H13N5S2/c1-6-9-10(15(3)14-6)16(11(17)13-9)5-8-4-12-7(2)18-8/h4H,5H2,1-3H3,(H,13,17). The lowest BCUT2D eigenvalue weighted by Crippen LogP contribution is -2.03. The molecule has 7 heteroatoms. The van der Waals surface area contributed by atoms with Crippen molar-refractivity contribution in [2.75, 3.05) is 0 Å². The number of aromatic nitrogens is 5. The maximum absolute atomic E-state index is 5.38. The average Bonchev–Trinajstić information content (AvgIpc) is 2.91. The highest BCUT2D eigenvalue weighted by molar-refractivity contribution is 7.71. The Bertz CT molecular complexity index is 773. The molecule has 5 nitrogen and oxygen atoms in total. The zero-order valence-electron chi connectivity index (χ0n) is 10.4. The minimum atomic E-state index is 0.729. The molecule has 0 amide bonds. The maximum Gasteiger partial charge on any atom is 0.179 e. The molecule has 0 spiro atoms. The number of rotatable bonds is 2. The van der Waals surface area contributed by atoms with Crippen molar-refractivity contribution in [3.63, 3.8) is 0 Å². The number of nitrogens with one attached hydrogen (secondary N) is 1. The minimum absolute atomic E-state index is 0.729. The minimum Gasteiger partial charge on any atom is -0.328 e. The van der Waals surface area contributed by atoms with Gasteiger partial charge in [0.15, 0.2) is 10.4 Å². The molecule has 0 saturated carbocycles. The van der Waals surface area contributed by atoms with Crippen LogP contribution in [0.2, 0.25) is 0 Å². The van der Waals surface area contributed by atoms with Crippen LogP contribution < -0.4 is 0 Å². The van der Waals surface area contributed by atoms with E-state index >= 15 is 0 Å². The normalized spacial score (nSPS) is 11.5. The topological polar surface area (TPSA) is 51.4 Å². The summed E-state index contributed by atoms with van der Waals surface area (Å²) in [7, 11) is 1.94. The maximum atomic E-state index is 5.38. The van der Waals surface area contributed by atoms with Crippen molar-refractivity contribution >= 4 is 34.7 Å². The Morgan fingerprint density at radius 2 is 2.22 bits per heavy atom. The molecular weight excluding hydrogens is 266 g/mol. The average molecular weight is 279 g/mol. The fraction of sp³-hybridized carbons (Fsp3) is 0.364. The Balaban J connectivity index is 2.16. The first kappa shape index (κ1) is 11.6. The summed E-state index contributed by atoms with van der Waals surface area (Å²) in [5, 5.41) is 5.48. The third-order valence-corrected chi connectivity index (χ3v) is 4.13. The molecule has 0 aliphatic carbocycles. The Morgan fingerprint density at radius 3 is 2.89 bits per heavy atom. The highest BCUT2D eigenvalue weighted by atomic mass is 32.1. The molecule has 0 radical (unpaired) electrons. The predicted molar refractivity (Wildman–Crippen MR) is 74.6 cm³/mol. The van der Waals surface area contributed by atoms with Crippen molar-refractivity contribution in [1.29, 1.82) is 0 Å². The SMILES string of the molecule is Cc1ncc(Cn2c(=S)[nH]c3c(C)nn(C)c32)s1. The highest BCUT2D eigenvalue weighted by Gasteiger charge is 2.13. The van der Waals surface area contributed by atoms with Crippen LogP contribution in [-0.2, 0) is 13.6 Å². The zero-order chi connectivity index (χ0) is 12.9. The van der Waals surface area contributed by atoms with Crippen molar-refractivity contribution in [3.8, 4) is 0 Å². The van der Waals surface area contributed by atoms with Gasteiger partial charge in [0.1, 0.15) is 5.52 Å². The number of nitrogens with zero attached hydrogens (tertiary/aromatic N) is 4. The van der Waals surface area contributed by atoms with Crippen LogP contribution in [0.3, 0.4) is 0 Å². The molecule has 94 valence electrons. The molecule has 3 aromatic heterocycles. The molecule has 0 aliphatic heterocycles. The molecule has 0 bridgehead atoms. The van der Waals surface area contributed by atoms with Crippen molar-refractivity contribution in [2.45, 2.75) is 20.4 Å². The highest BCUT2D eigenvalue weighted by Crippen LogP contribution is 2.20. The summed E-state index contributed by atoms with van der Waals surface area (Å²) in [5.41, 5.74) is 3.02. The number of fused-ring (bicyclic) bond motifs is 1. The second-order valence-corrected chi connectivity index (χ2v) is 5.98. The van der Waals surface area contributed by atoms with E-state index < -0.39 is 0 Å². The van der Waals surface area contributed by atoms with E-state index in [4.69, 9.17) is 12.2 Å². The number of hydrogen-bond donors (Lipinski definition) is 1. The van der Waals surface area contributed by atoms with E-state index in [0.29, 0.717) is 0 Å². The molecule has 3 rings (SSSR count). The lowest BCUT2D eigenvalue weighted by atomic mass is 10.4. The monoisotopic (exact) mass is 279 g/mol. The number of aryl methyl sites for hydroxylation is 3. The first-order valence-electron chi connectivity index (χ1n) is 5.59. The quantitative estimate of drug-likeness (QED) is 0.733. The van der Waals surface area contributed by atoms with E-state index in [0.717, 1.165) is 33.2 Å². The number of H-pyrrole nitrogens is 1. The molecular formula is C11H13N5S2. The number of thiazole rings is 1. The molecule has 1 N–H and O–H groups in total. The van der Waals surface area contributed by atoms with Crippen molar-refractivity contribution in [2.24, 2.45) is 7.05 Å². The molecule has 0 atom stereocenters. The number of hydrogen-bond acceptors (Lipinski definition) is 4. The molecule has 0 aromatic carbocycles. The summed E-state index contributed by atoms with van der Waals surface area (Å²) in [6.07, 6.45) is 1.91. The van der Waals surface area contributed by atoms with E-state index in [9.17, 15) is 0 Å². The second kappa shape index (κ2) is 4.03. The summed E-state index contributed by atoms with van der Waals surface area (Å²) >= 11 is 7.08. The van der Waals surface area contributed by atoms with Gasteiger partial charge in [-0.3, -0.25) is 9.25 Å². The van der Waals surface area contributed by atoms with Gasteiger partial charge >= 0.3 is 0 Å². The van der Waals surface area contributed by atoms with Crippen molar-refractivity contribution in [3.05, 3.63) is 26.5 Å². The summed E-state index contributed by atoms with van der Waals surface area (Å²) in [6.45, 7) is 4.73. The van der Waals surface area contributed by atoms with Gasteiger partial charge in [0.2, 0.25) is 0 Å². The summed E-state index contributed by atoms with van der Waals surface area (Å²) < 4.78 is 4.66. The summed E-state index contributed by atoms with van der Waals surface area (Å²) in [6, 6.07) is 0. The van der Waals surface area contributed by atoms with Gasteiger partial charge in [-0.1, -0.05) is 0 Å². The van der Waals surface area contributed by atoms with Gasteiger partial charge in [-0.25, -0.2) is 4.98 Å². The van der Waals surface area contributed by atoms with Crippen LogP contribution in [0.1, 0.15) is 15.6 Å². The van der Waals surface area contributed by atoms with Gasteiger partial charge in [0.25, 0.3) is 0 Å². The van der Waals surface area contributed by atoms with E-state index in [-0.39, 0.29) is 0 Å². The van der Waals surface area contributed by atoms with Gasteiger partial charge < -0.3 is 4.98 Å². The van der Waals surface area contributed by atoms with Crippen molar-refractivity contribution < 1.29 is 0 Å². The first-order chi connectivity index (χ1) is 8.56. The Kier molecular flexibility index (Phi) is 2.60. The number of aromatic amines is 1. The smallest absolute Gasteiger partial charge is 0.179 e. The van der Waals surface area contributed by atoms with Gasteiger partial charge in [0.05, 0.1) is 17.2 Å². The van der Waals surface area contributed by atoms with Gasteiger partial charge in [-0.2, -0.15) is 5.10 Å². The lowest BCUT2D eigenvalue weighted by molar-refractivity contribution is 0.718. The van der Waals surface area contributed by atoms with Crippen LogP contribution in [0.25, 0.3) is 11.2 Å². The van der Waals surface area contributed by atoms with E-state index in [2.05, 4.69) is 19.6 Å². The van der Waals surface area contributed by atoms with Crippen LogP contribution in [0.4, 0.5) is 0 Å². The predicted octanol–water partition coefficient (Wildman–Crippen LogP) is 2.55. The Morgan fingerprint density at radius 1 is 1.44 bits per heavy atom. The zero-order valence-corrected chi connectivity index (χ0v) is 12.0. The Labute approximate surface area is 113 Å². The van der Waals surface area contributed by atoms with Gasteiger partial charge in [-0.15, -0.1) is 11.3 Å². The summed E-state index contributed by atoms with van der Waals surface area (Å²) in [5.74, 6) is 0. The second-order valence-electron chi connectivity index (χ2n) is 4.27. The molecule has 0 unspecified atom stereocenters. The van der Waals surface area contributed by atoms with Crippen LogP contribution >= 0.6 is 23.6 Å². The molecule has 0 fully saturated rings. The Hall–Kier alpha value is -1.47.